The smallest absolute Gasteiger partial charge is 0.143 e. The maximum atomic E-state index is 10.0. The topological polar surface area (TPSA) is 45.0 Å². The highest BCUT2D eigenvalue weighted by molar-refractivity contribution is 5.70. The number of benzene rings is 3. The number of hydrogen-bond donors (Lipinski definition) is 1. The van der Waals surface area contributed by atoms with Crippen molar-refractivity contribution >= 4 is 11.4 Å². The molecule has 0 aliphatic rings. The summed E-state index contributed by atoms with van der Waals surface area (Å²) < 4.78 is 0. The van der Waals surface area contributed by atoms with Crippen molar-refractivity contribution in [2.75, 3.05) is 0 Å². The van der Waals surface area contributed by atoms with Gasteiger partial charge in [0.15, 0.2) is 0 Å². The van der Waals surface area contributed by atoms with E-state index in [9.17, 15) is 5.11 Å². The van der Waals surface area contributed by atoms with Gasteiger partial charge in [-0.3, -0.25) is 0 Å². The van der Waals surface area contributed by atoms with Crippen LogP contribution in [0.4, 0.5) is 11.4 Å². The summed E-state index contributed by atoms with van der Waals surface area (Å²) in [6, 6.07) is 21.4. The van der Waals surface area contributed by atoms with Gasteiger partial charge in [-0.2, -0.15) is 5.11 Å². The molecular formula is C20H18N2O. The van der Waals surface area contributed by atoms with Gasteiger partial charge in [0, 0.05) is 0 Å². The Balaban J connectivity index is 1.95. The molecule has 3 aromatic rings. The Kier molecular flexibility index (Phi) is 4.20. The third-order valence-electron chi connectivity index (χ3n) is 3.56. The highest BCUT2D eigenvalue weighted by atomic mass is 16.3. The summed E-state index contributed by atoms with van der Waals surface area (Å²) in [6.45, 7) is 4.05. The van der Waals surface area contributed by atoms with Crippen LogP contribution in [-0.4, -0.2) is 5.11 Å². The van der Waals surface area contributed by atoms with Gasteiger partial charge in [-0.15, -0.1) is 5.11 Å². The Morgan fingerprint density at radius 2 is 1.39 bits per heavy atom. The average Bonchev–Trinajstić information content (AvgIpc) is 2.54. The molecule has 0 spiro atoms. The molecule has 0 aromatic heterocycles. The molecule has 0 fully saturated rings. The molecule has 0 atom stereocenters. The number of hydrogen-bond acceptors (Lipinski definition) is 3. The molecule has 3 nitrogen and oxygen atoms in total. The van der Waals surface area contributed by atoms with Crippen LogP contribution in [0.2, 0.25) is 0 Å². The van der Waals surface area contributed by atoms with Gasteiger partial charge in [0.25, 0.3) is 0 Å². The number of phenols is 1. The van der Waals surface area contributed by atoms with Crippen LogP contribution in [0.15, 0.2) is 77.0 Å². The van der Waals surface area contributed by atoms with Crippen molar-refractivity contribution in [3.05, 3.63) is 77.9 Å². The lowest BCUT2D eigenvalue weighted by Gasteiger charge is -2.04. The first kappa shape index (κ1) is 15.0. The van der Waals surface area contributed by atoms with E-state index in [1.807, 2.05) is 68.4 Å². The fourth-order valence-electron chi connectivity index (χ4n) is 2.53. The summed E-state index contributed by atoms with van der Waals surface area (Å²) in [4.78, 5) is 0. The highest BCUT2D eigenvalue weighted by Gasteiger charge is 2.04. The lowest BCUT2D eigenvalue weighted by molar-refractivity contribution is 0.476. The van der Waals surface area contributed by atoms with E-state index >= 15 is 0 Å². The Labute approximate surface area is 136 Å². The van der Waals surface area contributed by atoms with Crippen LogP contribution in [0.5, 0.6) is 5.75 Å². The van der Waals surface area contributed by atoms with E-state index < -0.39 is 0 Å². The molecule has 3 rings (SSSR count). The predicted molar refractivity (Wildman–Crippen MR) is 93.6 cm³/mol. The SMILES string of the molecule is Cc1cc(C)cc(N=Nc2cc(-c3ccccc3)ccc2O)c1. The first-order valence-electron chi connectivity index (χ1n) is 7.50. The zero-order chi connectivity index (χ0) is 16.2. The molecule has 0 aliphatic carbocycles. The van der Waals surface area contributed by atoms with Crippen LogP contribution in [-0.2, 0) is 0 Å². The Bertz CT molecular complexity index is 835. The molecule has 114 valence electrons. The molecule has 0 saturated heterocycles. The van der Waals surface area contributed by atoms with Crippen LogP contribution in [0.25, 0.3) is 11.1 Å². The highest BCUT2D eigenvalue weighted by Crippen LogP contribution is 2.33. The van der Waals surface area contributed by atoms with Crippen LogP contribution in [0.1, 0.15) is 11.1 Å². The second kappa shape index (κ2) is 6.44. The van der Waals surface area contributed by atoms with Crippen LogP contribution >= 0.6 is 0 Å². The van der Waals surface area contributed by atoms with Crippen molar-refractivity contribution in [2.24, 2.45) is 10.2 Å². The lowest BCUT2D eigenvalue weighted by Crippen LogP contribution is -1.78. The number of phenolic OH excluding ortho intramolecular Hbond substituents is 1. The molecule has 0 aliphatic heterocycles. The summed E-state index contributed by atoms with van der Waals surface area (Å²) >= 11 is 0. The van der Waals surface area contributed by atoms with Gasteiger partial charge in [0.1, 0.15) is 11.4 Å². The molecule has 0 radical (unpaired) electrons. The number of azo groups is 1. The number of nitrogens with zero attached hydrogens (tertiary/aromatic N) is 2. The third kappa shape index (κ3) is 3.64. The summed E-state index contributed by atoms with van der Waals surface area (Å²) in [5, 5.41) is 18.5. The monoisotopic (exact) mass is 302 g/mol. The van der Waals surface area contributed by atoms with Crippen molar-refractivity contribution in [1.29, 1.82) is 0 Å². The van der Waals surface area contributed by atoms with Gasteiger partial charge in [-0.25, -0.2) is 0 Å². The van der Waals surface area contributed by atoms with Gasteiger partial charge in [-0.05, 0) is 60.4 Å². The second-order valence-corrected chi connectivity index (χ2v) is 5.62. The molecule has 1 N–H and O–H groups in total. The summed E-state index contributed by atoms with van der Waals surface area (Å²) in [6.07, 6.45) is 0. The first-order chi connectivity index (χ1) is 11.1. The average molecular weight is 302 g/mol. The molecule has 0 unspecified atom stereocenters. The minimum absolute atomic E-state index is 0.123. The van der Waals surface area contributed by atoms with Gasteiger partial charge in [-0.1, -0.05) is 42.5 Å². The zero-order valence-electron chi connectivity index (χ0n) is 13.2. The van der Waals surface area contributed by atoms with Crippen LogP contribution < -0.4 is 0 Å². The number of aromatic hydroxyl groups is 1. The van der Waals surface area contributed by atoms with E-state index in [2.05, 4.69) is 16.3 Å². The molecule has 0 heterocycles. The van der Waals surface area contributed by atoms with Crippen molar-refractivity contribution < 1.29 is 5.11 Å². The van der Waals surface area contributed by atoms with Crippen molar-refractivity contribution in [3.8, 4) is 16.9 Å². The summed E-state index contributed by atoms with van der Waals surface area (Å²) in [5.74, 6) is 0.123. The molecule has 3 heteroatoms. The fraction of sp³-hybridized carbons (Fsp3) is 0.100. The third-order valence-corrected chi connectivity index (χ3v) is 3.56. The van der Waals surface area contributed by atoms with Crippen molar-refractivity contribution in [3.63, 3.8) is 0 Å². The van der Waals surface area contributed by atoms with Gasteiger partial charge in [0.2, 0.25) is 0 Å². The van der Waals surface area contributed by atoms with Crippen LogP contribution in [0.3, 0.4) is 0 Å². The minimum atomic E-state index is 0.123. The minimum Gasteiger partial charge on any atom is -0.506 e. The first-order valence-corrected chi connectivity index (χ1v) is 7.50. The molecule has 0 bridgehead atoms. The van der Waals surface area contributed by atoms with E-state index in [1.165, 1.54) is 0 Å². The number of rotatable bonds is 3. The van der Waals surface area contributed by atoms with E-state index in [1.54, 1.807) is 6.07 Å². The Morgan fingerprint density at radius 1 is 0.696 bits per heavy atom. The molecular weight excluding hydrogens is 284 g/mol. The van der Waals surface area contributed by atoms with E-state index in [0.717, 1.165) is 27.9 Å². The summed E-state index contributed by atoms with van der Waals surface area (Å²) in [7, 11) is 0. The Morgan fingerprint density at radius 3 is 2.09 bits per heavy atom. The predicted octanol–water partition coefficient (Wildman–Crippen LogP) is 6.09. The maximum absolute atomic E-state index is 10.0. The van der Waals surface area contributed by atoms with E-state index in [0.29, 0.717) is 5.69 Å². The largest absolute Gasteiger partial charge is 0.506 e. The van der Waals surface area contributed by atoms with Crippen molar-refractivity contribution in [2.45, 2.75) is 13.8 Å². The van der Waals surface area contributed by atoms with E-state index in [-0.39, 0.29) is 5.75 Å². The molecule has 0 saturated carbocycles. The number of aryl methyl sites for hydroxylation is 2. The van der Waals surface area contributed by atoms with Gasteiger partial charge >= 0.3 is 0 Å². The fourth-order valence-corrected chi connectivity index (χ4v) is 2.53. The second-order valence-electron chi connectivity index (χ2n) is 5.62. The Hall–Kier alpha value is -2.94. The molecule has 23 heavy (non-hydrogen) atoms. The quantitative estimate of drug-likeness (QED) is 0.584. The molecule has 3 aromatic carbocycles. The van der Waals surface area contributed by atoms with Crippen molar-refractivity contribution in [1.82, 2.24) is 0 Å². The lowest BCUT2D eigenvalue weighted by atomic mass is 10.1. The standard InChI is InChI=1S/C20H18N2O/c1-14-10-15(2)12-18(11-14)21-22-19-13-17(8-9-20(19)23)16-6-4-3-5-7-16/h3-13,23H,1-2H3. The summed E-state index contributed by atoms with van der Waals surface area (Å²) in [5.41, 5.74) is 5.60. The van der Waals surface area contributed by atoms with Crippen LogP contribution in [0, 0.1) is 13.8 Å². The van der Waals surface area contributed by atoms with Gasteiger partial charge < -0.3 is 5.11 Å². The van der Waals surface area contributed by atoms with Gasteiger partial charge in [0.05, 0.1) is 5.69 Å². The normalized spacial score (nSPS) is 11.0. The zero-order valence-corrected chi connectivity index (χ0v) is 13.2. The van der Waals surface area contributed by atoms with E-state index in [4.69, 9.17) is 0 Å². The maximum Gasteiger partial charge on any atom is 0.143 e. The molecule has 0 amide bonds.